The molecule has 8 aromatic rings. The van der Waals surface area contributed by atoms with Gasteiger partial charge in [-0.2, -0.15) is 0 Å². The predicted molar refractivity (Wildman–Crippen MR) is 185 cm³/mol. The molecule has 0 N–H and O–H groups in total. The second-order valence-corrected chi connectivity index (χ2v) is 10.9. The molecule has 0 fully saturated rings. The van der Waals surface area contributed by atoms with Crippen molar-refractivity contribution >= 4 is 60.0 Å². The van der Waals surface area contributed by atoms with Crippen molar-refractivity contribution in [3.05, 3.63) is 164 Å². The zero-order chi connectivity index (χ0) is 29.6. The third-order valence-corrected chi connectivity index (χ3v) is 8.54. The van der Waals surface area contributed by atoms with Gasteiger partial charge in [0.2, 0.25) is 0 Å². The first-order chi connectivity index (χ1) is 21.7. The van der Waals surface area contributed by atoms with Gasteiger partial charge in [0.05, 0.1) is 18.2 Å². The standard InChI is InChI=1S/C41H29NO2/c1-3-27(38-19-9-23-43-38)25-30(4-2)42(31-14-5-13-29(26-31)39-20-10-24-44-39)37-22-21-35-33-16-7-12-28-11-6-15-32(40(28)33)34-17-8-18-36(37)41(34)35/h3-26H,1H2,2H3/b27-25+,30-4+. The average Bonchev–Trinajstić information content (AvgIpc) is 3.82. The summed E-state index contributed by atoms with van der Waals surface area (Å²) in [6.45, 7) is 6.17. The first kappa shape index (κ1) is 25.9. The highest BCUT2D eigenvalue weighted by atomic mass is 16.3. The normalized spacial score (nSPS) is 12.6. The molecule has 0 saturated carbocycles. The Morgan fingerprint density at radius 2 is 1.34 bits per heavy atom. The van der Waals surface area contributed by atoms with Gasteiger partial charge in [0.15, 0.2) is 0 Å². The molecule has 0 aliphatic heterocycles. The lowest BCUT2D eigenvalue weighted by molar-refractivity contribution is 0.554. The zero-order valence-electron chi connectivity index (χ0n) is 24.3. The van der Waals surface area contributed by atoms with Gasteiger partial charge in [-0.15, -0.1) is 0 Å². The van der Waals surface area contributed by atoms with E-state index in [2.05, 4.69) is 122 Å². The molecule has 0 atom stereocenters. The molecule has 3 nitrogen and oxygen atoms in total. The van der Waals surface area contributed by atoms with E-state index in [0.29, 0.717) is 0 Å². The Kier molecular flexibility index (Phi) is 6.16. The molecule has 0 amide bonds. The maximum atomic E-state index is 5.79. The van der Waals surface area contributed by atoms with Crippen molar-refractivity contribution in [2.75, 3.05) is 4.90 Å². The Labute approximate surface area is 255 Å². The van der Waals surface area contributed by atoms with Crippen molar-refractivity contribution < 1.29 is 8.83 Å². The van der Waals surface area contributed by atoms with Crippen LogP contribution >= 0.6 is 0 Å². The molecule has 0 bridgehead atoms. The summed E-state index contributed by atoms with van der Waals surface area (Å²) in [5.41, 5.74) is 5.01. The number of hydrogen-bond acceptors (Lipinski definition) is 3. The highest BCUT2D eigenvalue weighted by Gasteiger charge is 2.21. The van der Waals surface area contributed by atoms with Crippen molar-refractivity contribution in [2.24, 2.45) is 0 Å². The molecule has 210 valence electrons. The van der Waals surface area contributed by atoms with Gasteiger partial charge in [-0.25, -0.2) is 0 Å². The van der Waals surface area contributed by atoms with Crippen molar-refractivity contribution in [3.63, 3.8) is 0 Å². The monoisotopic (exact) mass is 567 g/mol. The lowest BCUT2D eigenvalue weighted by Crippen LogP contribution is -2.16. The lowest BCUT2D eigenvalue weighted by atomic mass is 9.89. The van der Waals surface area contributed by atoms with Crippen molar-refractivity contribution in [1.82, 2.24) is 0 Å². The van der Waals surface area contributed by atoms with Crippen molar-refractivity contribution in [3.8, 4) is 11.3 Å². The molecule has 0 aliphatic rings. The maximum absolute atomic E-state index is 5.79. The van der Waals surface area contributed by atoms with Crippen LogP contribution in [0.3, 0.4) is 0 Å². The fraction of sp³-hybridized carbons (Fsp3) is 0.0244. The minimum atomic E-state index is 0.769. The number of hydrogen-bond donors (Lipinski definition) is 0. The van der Waals surface area contributed by atoms with E-state index in [1.54, 1.807) is 12.5 Å². The van der Waals surface area contributed by atoms with Gasteiger partial charge in [0.25, 0.3) is 0 Å². The van der Waals surface area contributed by atoms with Gasteiger partial charge in [-0.05, 0) is 93.2 Å². The fourth-order valence-electron chi connectivity index (χ4n) is 6.60. The molecule has 8 rings (SSSR count). The molecule has 3 heteroatoms. The van der Waals surface area contributed by atoms with E-state index in [-0.39, 0.29) is 0 Å². The van der Waals surface area contributed by atoms with Crippen molar-refractivity contribution in [2.45, 2.75) is 6.92 Å². The molecule has 0 spiro atoms. The highest BCUT2D eigenvalue weighted by molar-refractivity contribution is 6.34. The number of allylic oxidation sites excluding steroid dienone is 4. The van der Waals surface area contributed by atoms with Gasteiger partial charge < -0.3 is 13.7 Å². The lowest BCUT2D eigenvalue weighted by Gasteiger charge is -2.29. The fourth-order valence-corrected chi connectivity index (χ4v) is 6.60. The van der Waals surface area contributed by atoms with Gasteiger partial charge in [-0.3, -0.25) is 0 Å². The summed E-state index contributed by atoms with van der Waals surface area (Å²) >= 11 is 0. The van der Waals surface area contributed by atoms with Gasteiger partial charge >= 0.3 is 0 Å². The molecular weight excluding hydrogens is 538 g/mol. The van der Waals surface area contributed by atoms with Gasteiger partial charge in [0, 0.05) is 27.9 Å². The molecule has 44 heavy (non-hydrogen) atoms. The summed E-state index contributed by atoms with van der Waals surface area (Å²) < 4.78 is 11.6. The third-order valence-electron chi connectivity index (χ3n) is 8.54. The number of nitrogens with zero attached hydrogens (tertiary/aromatic N) is 1. The second kappa shape index (κ2) is 10.5. The van der Waals surface area contributed by atoms with Crippen LogP contribution in [0, 0.1) is 0 Å². The molecule has 2 heterocycles. The smallest absolute Gasteiger partial charge is 0.133 e. The van der Waals surface area contributed by atoms with E-state index in [1.807, 2.05) is 30.3 Å². The van der Waals surface area contributed by atoms with Crippen LogP contribution in [-0.4, -0.2) is 0 Å². The molecule has 6 aromatic carbocycles. The molecular formula is C41H29NO2. The molecule has 2 aromatic heterocycles. The summed E-state index contributed by atoms with van der Waals surface area (Å²) in [6, 6.07) is 40.7. The van der Waals surface area contributed by atoms with E-state index in [9.17, 15) is 0 Å². The number of furan rings is 2. The minimum Gasteiger partial charge on any atom is -0.464 e. The third kappa shape index (κ3) is 4.05. The average molecular weight is 568 g/mol. The minimum absolute atomic E-state index is 0.769. The Hall–Kier alpha value is -5.80. The summed E-state index contributed by atoms with van der Waals surface area (Å²) in [4.78, 5) is 2.32. The number of benzene rings is 6. The quantitative estimate of drug-likeness (QED) is 0.109. The Morgan fingerprint density at radius 1 is 0.659 bits per heavy atom. The van der Waals surface area contributed by atoms with Crippen LogP contribution in [0.1, 0.15) is 12.7 Å². The summed E-state index contributed by atoms with van der Waals surface area (Å²) in [5, 5.41) is 10.1. The number of fused-ring (bicyclic) bond motifs is 2. The van der Waals surface area contributed by atoms with Crippen LogP contribution in [0.4, 0.5) is 11.4 Å². The van der Waals surface area contributed by atoms with Crippen LogP contribution in [0.15, 0.2) is 167 Å². The highest BCUT2D eigenvalue weighted by Crippen LogP contribution is 2.45. The molecule has 0 radical (unpaired) electrons. The van der Waals surface area contributed by atoms with Crippen LogP contribution in [-0.2, 0) is 0 Å². The zero-order valence-corrected chi connectivity index (χ0v) is 24.3. The Morgan fingerprint density at radius 3 is 2.05 bits per heavy atom. The van der Waals surface area contributed by atoms with E-state index in [4.69, 9.17) is 8.83 Å². The van der Waals surface area contributed by atoms with E-state index in [1.165, 1.54) is 43.1 Å². The van der Waals surface area contributed by atoms with Crippen molar-refractivity contribution in [1.29, 1.82) is 0 Å². The van der Waals surface area contributed by atoms with Crippen LogP contribution in [0.2, 0.25) is 0 Å². The first-order valence-electron chi connectivity index (χ1n) is 14.8. The topological polar surface area (TPSA) is 29.5 Å². The molecule has 0 unspecified atom stereocenters. The van der Waals surface area contributed by atoms with E-state index < -0.39 is 0 Å². The largest absolute Gasteiger partial charge is 0.464 e. The Balaban J connectivity index is 1.43. The van der Waals surface area contributed by atoms with Crippen LogP contribution in [0.5, 0.6) is 0 Å². The van der Waals surface area contributed by atoms with E-state index >= 15 is 0 Å². The number of rotatable bonds is 7. The predicted octanol–water partition coefficient (Wildman–Crippen LogP) is 11.9. The second-order valence-electron chi connectivity index (χ2n) is 10.9. The summed E-state index contributed by atoms with van der Waals surface area (Å²) in [5.74, 6) is 1.60. The summed E-state index contributed by atoms with van der Waals surface area (Å²) in [7, 11) is 0. The maximum Gasteiger partial charge on any atom is 0.133 e. The molecule has 0 aliphatic carbocycles. The van der Waals surface area contributed by atoms with Gasteiger partial charge in [0.1, 0.15) is 11.5 Å². The summed E-state index contributed by atoms with van der Waals surface area (Å²) in [6.07, 6.45) is 9.52. The Bertz CT molecular complexity index is 2300. The van der Waals surface area contributed by atoms with Crippen LogP contribution in [0.25, 0.3) is 60.0 Å². The first-order valence-corrected chi connectivity index (χ1v) is 14.8. The SMILES string of the molecule is C=C/C(=C\C(=C/C)N(c1cccc(-c2ccco2)c1)c1ccc2c3cccc4cccc(c5cccc1c52)c43)c1ccco1. The van der Waals surface area contributed by atoms with Crippen LogP contribution < -0.4 is 4.90 Å². The number of anilines is 2. The van der Waals surface area contributed by atoms with E-state index in [0.717, 1.165) is 39.7 Å². The molecule has 0 saturated heterocycles. The van der Waals surface area contributed by atoms with Gasteiger partial charge in [-0.1, -0.05) is 91.5 Å².